The van der Waals surface area contributed by atoms with Crippen LogP contribution in [0.15, 0.2) is 48.5 Å². The Bertz CT molecular complexity index is 1210. The van der Waals surface area contributed by atoms with Crippen molar-refractivity contribution >= 4 is 29.2 Å². The molecule has 0 saturated carbocycles. The first kappa shape index (κ1) is 31.3. The maximum absolute atomic E-state index is 13.5. The maximum Gasteiger partial charge on any atom is 0.321 e. The average Bonchev–Trinajstić information content (AvgIpc) is 3.04. The molecule has 2 aliphatic heterocycles. The van der Waals surface area contributed by atoms with Gasteiger partial charge in [-0.1, -0.05) is 25.1 Å². The van der Waals surface area contributed by atoms with Crippen LogP contribution in [0, 0.1) is 5.92 Å². The largest absolute Gasteiger partial charge is 0.488 e. The molecule has 1 fully saturated rings. The Balaban J connectivity index is 1.50. The number of amides is 4. The predicted octanol–water partition coefficient (Wildman–Crippen LogP) is 2.66. The average molecular weight is 582 g/mol. The Morgan fingerprint density at radius 1 is 1.10 bits per heavy atom. The van der Waals surface area contributed by atoms with E-state index in [1.807, 2.05) is 44.2 Å². The number of ether oxygens (including phenoxy) is 2. The van der Waals surface area contributed by atoms with Gasteiger partial charge in [0, 0.05) is 62.5 Å². The molecule has 228 valence electrons. The zero-order valence-electron chi connectivity index (χ0n) is 24.8. The van der Waals surface area contributed by atoms with Crippen molar-refractivity contribution in [3.63, 3.8) is 0 Å². The van der Waals surface area contributed by atoms with Crippen molar-refractivity contribution in [2.24, 2.45) is 5.92 Å². The van der Waals surface area contributed by atoms with Gasteiger partial charge < -0.3 is 35.0 Å². The summed E-state index contributed by atoms with van der Waals surface area (Å²) in [6.45, 7) is 7.90. The molecular weight excluding hydrogens is 538 g/mol. The van der Waals surface area contributed by atoms with E-state index in [9.17, 15) is 19.5 Å². The number of nitrogens with zero attached hydrogens (tertiary/aromatic N) is 3. The molecule has 2 heterocycles. The summed E-state index contributed by atoms with van der Waals surface area (Å²) in [5, 5.41) is 15.7. The van der Waals surface area contributed by atoms with Crippen molar-refractivity contribution in [2.45, 2.75) is 38.8 Å². The molecule has 3 atom stereocenters. The smallest absolute Gasteiger partial charge is 0.321 e. The molecule has 2 aromatic rings. The van der Waals surface area contributed by atoms with Crippen LogP contribution in [0.4, 0.5) is 16.2 Å². The van der Waals surface area contributed by atoms with Gasteiger partial charge in [-0.15, -0.1) is 0 Å². The van der Waals surface area contributed by atoms with Crippen molar-refractivity contribution in [3.8, 4) is 5.75 Å². The van der Waals surface area contributed by atoms with Crippen LogP contribution < -0.4 is 15.4 Å². The fraction of sp³-hybridized carbons (Fsp3) is 0.516. The lowest BCUT2D eigenvalue weighted by Crippen LogP contribution is -2.48. The van der Waals surface area contributed by atoms with E-state index in [0.717, 1.165) is 13.1 Å². The minimum atomic E-state index is -0.441. The third-order valence-corrected chi connectivity index (χ3v) is 7.78. The van der Waals surface area contributed by atoms with Crippen molar-refractivity contribution in [3.05, 3.63) is 54.1 Å². The summed E-state index contributed by atoms with van der Waals surface area (Å²) < 4.78 is 11.9. The Morgan fingerprint density at radius 2 is 1.83 bits per heavy atom. The second-order valence-corrected chi connectivity index (χ2v) is 11.1. The van der Waals surface area contributed by atoms with E-state index in [1.165, 1.54) is 0 Å². The molecule has 4 rings (SSSR count). The van der Waals surface area contributed by atoms with Gasteiger partial charge in [0.1, 0.15) is 11.9 Å². The fourth-order valence-corrected chi connectivity index (χ4v) is 5.13. The van der Waals surface area contributed by atoms with Gasteiger partial charge in [0.25, 0.3) is 0 Å². The Morgan fingerprint density at radius 3 is 2.55 bits per heavy atom. The third kappa shape index (κ3) is 8.67. The number of carbonyl (C=O) groups excluding carboxylic acids is 3. The van der Waals surface area contributed by atoms with Crippen LogP contribution in [-0.4, -0.2) is 109 Å². The summed E-state index contributed by atoms with van der Waals surface area (Å²) in [6.07, 6.45) is -0.0322. The summed E-state index contributed by atoms with van der Waals surface area (Å²) >= 11 is 0. The molecule has 1 saturated heterocycles. The highest BCUT2D eigenvalue weighted by Gasteiger charge is 2.32. The lowest BCUT2D eigenvalue weighted by Gasteiger charge is -2.34. The highest BCUT2D eigenvalue weighted by atomic mass is 16.5. The summed E-state index contributed by atoms with van der Waals surface area (Å²) in [7, 11) is 1.71. The fourth-order valence-electron chi connectivity index (χ4n) is 5.13. The Kier molecular flexibility index (Phi) is 11.2. The van der Waals surface area contributed by atoms with Gasteiger partial charge >= 0.3 is 6.03 Å². The zero-order chi connectivity index (χ0) is 30.1. The molecule has 2 aromatic carbocycles. The quantitative estimate of drug-likeness (QED) is 0.416. The van der Waals surface area contributed by atoms with Crippen LogP contribution in [0.1, 0.15) is 25.8 Å². The van der Waals surface area contributed by atoms with Crippen molar-refractivity contribution in [1.29, 1.82) is 0 Å². The molecule has 11 heteroatoms. The lowest BCUT2D eigenvalue weighted by molar-refractivity contribution is -0.134. The lowest BCUT2D eigenvalue weighted by atomic mass is 10.0. The highest BCUT2D eigenvalue weighted by molar-refractivity contribution is 5.91. The molecule has 0 aliphatic carbocycles. The molecule has 0 unspecified atom stereocenters. The first-order valence-corrected chi connectivity index (χ1v) is 14.6. The number of para-hydroxylation sites is 1. The number of hydrogen-bond acceptors (Lipinski definition) is 7. The molecule has 2 aliphatic rings. The monoisotopic (exact) mass is 581 g/mol. The van der Waals surface area contributed by atoms with Crippen LogP contribution in [0.5, 0.6) is 5.75 Å². The molecule has 4 amide bonds. The molecule has 0 bridgehead atoms. The number of aliphatic hydroxyl groups excluding tert-OH is 1. The molecule has 3 N–H and O–H groups in total. The zero-order valence-corrected chi connectivity index (χ0v) is 24.8. The van der Waals surface area contributed by atoms with Gasteiger partial charge in [-0.3, -0.25) is 14.5 Å². The standard InChI is InChI=1S/C31H43N5O6/c1-22-19-36(23(2)21-37)30(39)18-24-17-26(32-29(38)11-12-35-13-15-41-16-14-35)9-10-27(24)42-28(22)20-34(3)31(40)33-25-7-5-4-6-8-25/h4-10,17,22-23,28,37H,11-16,18-21H2,1-3H3,(H,32,38)(H,33,40)/t22-,23+,28-/m0/s1. The van der Waals surface area contributed by atoms with Crippen LogP contribution in [0.2, 0.25) is 0 Å². The third-order valence-electron chi connectivity index (χ3n) is 7.78. The molecule has 11 nitrogen and oxygen atoms in total. The summed E-state index contributed by atoms with van der Waals surface area (Å²) in [6, 6.07) is 13.9. The molecule has 0 spiro atoms. The Hall–Kier alpha value is -3.67. The van der Waals surface area contributed by atoms with E-state index in [0.29, 0.717) is 55.4 Å². The van der Waals surface area contributed by atoms with E-state index in [1.54, 1.807) is 35.0 Å². The van der Waals surface area contributed by atoms with Crippen LogP contribution in [0.3, 0.4) is 0 Å². The second-order valence-electron chi connectivity index (χ2n) is 11.1. The minimum Gasteiger partial charge on any atom is -0.488 e. The van der Waals surface area contributed by atoms with E-state index >= 15 is 0 Å². The Labute approximate surface area is 247 Å². The molecule has 0 radical (unpaired) electrons. The van der Waals surface area contributed by atoms with Crippen molar-refractivity contribution in [2.75, 3.05) is 70.2 Å². The number of benzene rings is 2. The van der Waals surface area contributed by atoms with Crippen LogP contribution >= 0.6 is 0 Å². The SMILES string of the molecule is C[C@H](CO)N1C[C@H](C)[C@H](CN(C)C(=O)Nc2ccccc2)Oc2ccc(NC(=O)CCN3CCOCC3)cc2CC1=O. The van der Waals surface area contributed by atoms with Gasteiger partial charge in [-0.25, -0.2) is 4.79 Å². The molecule has 0 aromatic heterocycles. The normalized spacial score (nSPS) is 20.3. The first-order valence-electron chi connectivity index (χ1n) is 14.6. The predicted molar refractivity (Wildman–Crippen MR) is 161 cm³/mol. The van der Waals surface area contributed by atoms with E-state index in [2.05, 4.69) is 15.5 Å². The number of anilines is 2. The second kappa shape index (κ2) is 15.0. The number of aliphatic hydroxyl groups is 1. The van der Waals surface area contributed by atoms with Gasteiger partial charge in [-0.05, 0) is 37.3 Å². The van der Waals surface area contributed by atoms with Gasteiger partial charge in [-0.2, -0.15) is 0 Å². The van der Waals surface area contributed by atoms with Gasteiger partial charge in [0.2, 0.25) is 11.8 Å². The number of rotatable bonds is 9. The van der Waals surface area contributed by atoms with Crippen molar-refractivity contribution in [1.82, 2.24) is 14.7 Å². The van der Waals surface area contributed by atoms with Crippen molar-refractivity contribution < 1.29 is 29.0 Å². The number of fused-ring (bicyclic) bond motifs is 1. The number of likely N-dealkylation sites (N-methyl/N-ethyl adjacent to an activating group) is 1. The number of carbonyl (C=O) groups is 3. The van der Waals surface area contributed by atoms with E-state index in [4.69, 9.17) is 9.47 Å². The van der Waals surface area contributed by atoms with E-state index in [-0.39, 0.29) is 49.4 Å². The number of urea groups is 1. The highest BCUT2D eigenvalue weighted by Crippen LogP contribution is 2.29. The number of hydrogen-bond donors (Lipinski definition) is 3. The summed E-state index contributed by atoms with van der Waals surface area (Å²) in [4.78, 5) is 44.6. The summed E-state index contributed by atoms with van der Waals surface area (Å²) in [5.41, 5.74) is 1.91. The molecule has 42 heavy (non-hydrogen) atoms. The van der Waals surface area contributed by atoms with Gasteiger partial charge in [0.15, 0.2) is 0 Å². The van der Waals surface area contributed by atoms with Crippen LogP contribution in [0.25, 0.3) is 0 Å². The first-order chi connectivity index (χ1) is 20.2. The van der Waals surface area contributed by atoms with Crippen LogP contribution in [-0.2, 0) is 20.7 Å². The molecular formula is C31H43N5O6. The number of nitrogens with one attached hydrogen (secondary N) is 2. The maximum atomic E-state index is 13.5. The number of morpholine rings is 1. The van der Waals surface area contributed by atoms with E-state index < -0.39 is 6.10 Å². The topological polar surface area (TPSA) is 124 Å². The van der Waals surface area contributed by atoms with Gasteiger partial charge in [0.05, 0.1) is 38.8 Å². The summed E-state index contributed by atoms with van der Waals surface area (Å²) in [5.74, 6) is 0.132. The minimum absolute atomic E-state index is 0.0565.